The van der Waals surface area contributed by atoms with Gasteiger partial charge in [0.05, 0.1) is 5.56 Å². The monoisotopic (exact) mass is 301 g/mol. The van der Waals surface area contributed by atoms with Crippen LogP contribution < -0.4 is 10.2 Å². The number of amides is 1. The predicted molar refractivity (Wildman–Crippen MR) is 90.3 cm³/mol. The Balaban J connectivity index is 1.87. The summed E-state index contributed by atoms with van der Waals surface area (Å²) in [5, 5.41) is 3.46. The number of rotatable bonds is 2. The number of fused-ring (bicyclic) bond motifs is 1. The summed E-state index contributed by atoms with van der Waals surface area (Å²) in [5.41, 5.74) is 3.32. The first-order valence-corrected chi connectivity index (χ1v) is 7.49. The van der Waals surface area contributed by atoms with Gasteiger partial charge in [-0.15, -0.1) is 0 Å². The molecule has 0 saturated carbocycles. The van der Waals surface area contributed by atoms with Gasteiger partial charge in [-0.25, -0.2) is 0 Å². The molecule has 1 aromatic heterocycles. The van der Waals surface area contributed by atoms with E-state index in [1.807, 2.05) is 66.7 Å². The van der Waals surface area contributed by atoms with E-state index in [1.54, 1.807) is 17.3 Å². The molecular formula is C19H15N3O. The molecule has 2 aromatic carbocycles. The van der Waals surface area contributed by atoms with E-state index in [0.29, 0.717) is 5.56 Å². The van der Waals surface area contributed by atoms with Gasteiger partial charge in [0.25, 0.3) is 5.91 Å². The van der Waals surface area contributed by atoms with Crippen LogP contribution in [0.25, 0.3) is 0 Å². The maximum Gasteiger partial charge on any atom is 0.262 e. The van der Waals surface area contributed by atoms with E-state index in [0.717, 1.165) is 16.9 Å². The van der Waals surface area contributed by atoms with Gasteiger partial charge in [0.1, 0.15) is 6.17 Å². The SMILES string of the molecule is O=C1c2ccccc2N[C@@H](c2cccnc2)N1c1ccccc1. The van der Waals surface area contributed by atoms with Crippen molar-refractivity contribution in [3.05, 3.63) is 90.3 Å². The predicted octanol–water partition coefficient (Wildman–Crippen LogP) is 3.85. The smallest absolute Gasteiger partial charge is 0.262 e. The highest BCUT2D eigenvalue weighted by Gasteiger charge is 2.33. The third-order valence-electron chi connectivity index (χ3n) is 3.96. The largest absolute Gasteiger partial charge is 0.360 e. The number of para-hydroxylation sites is 2. The summed E-state index contributed by atoms with van der Waals surface area (Å²) in [4.78, 5) is 19.0. The maximum atomic E-state index is 13.1. The van der Waals surface area contributed by atoms with E-state index in [2.05, 4.69) is 10.3 Å². The Labute approximate surface area is 134 Å². The van der Waals surface area contributed by atoms with Crippen molar-refractivity contribution >= 4 is 17.3 Å². The van der Waals surface area contributed by atoms with Gasteiger partial charge in [-0.2, -0.15) is 0 Å². The highest BCUT2D eigenvalue weighted by molar-refractivity contribution is 6.12. The molecule has 0 saturated heterocycles. The van der Waals surface area contributed by atoms with Crippen LogP contribution in [0, 0.1) is 0 Å². The molecule has 1 amide bonds. The van der Waals surface area contributed by atoms with E-state index < -0.39 is 0 Å². The normalized spacial score (nSPS) is 16.6. The fourth-order valence-electron chi connectivity index (χ4n) is 2.88. The molecule has 2 heterocycles. The van der Waals surface area contributed by atoms with Crippen molar-refractivity contribution in [1.29, 1.82) is 0 Å². The Hall–Kier alpha value is -3.14. The average molecular weight is 301 g/mol. The lowest BCUT2D eigenvalue weighted by atomic mass is 10.0. The Bertz CT molecular complexity index is 834. The number of nitrogens with one attached hydrogen (secondary N) is 1. The molecule has 1 N–H and O–H groups in total. The zero-order valence-corrected chi connectivity index (χ0v) is 12.4. The Morgan fingerprint density at radius 3 is 2.48 bits per heavy atom. The van der Waals surface area contributed by atoms with Crippen molar-refractivity contribution in [2.45, 2.75) is 6.17 Å². The number of nitrogens with zero attached hydrogens (tertiary/aromatic N) is 2. The van der Waals surface area contributed by atoms with E-state index in [-0.39, 0.29) is 12.1 Å². The zero-order valence-electron chi connectivity index (χ0n) is 12.4. The minimum absolute atomic E-state index is 0.0144. The number of hydrogen-bond acceptors (Lipinski definition) is 3. The molecule has 1 atom stereocenters. The molecule has 1 aliphatic rings. The van der Waals surface area contributed by atoms with Gasteiger partial charge >= 0.3 is 0 Å². The van der Waals surface area contributed by atoms with Gasteiger partial charge < -0.3 is 5.32 Å². The average Bonchev–Trinajstić information content (AvgIpc) is 2.63. The molecule has 0 bridgehead atoms. The second-order valence-corrected chi connectivity index (χ2v) is 5.39. The van der Waals surface area contributed by atoms with Crippen molar-refractivity contribution in [1.82, 2.24) is 4.98 Å². The summed E-state index contributed by atoms with van der Waals surface area (Å²) in [6.45, 7) is 0. The van der Waals surface area contributed by atoms with Crippen LogP contribution in [-0.2, 0) is 0 Å². The van der Waals surface area contributed by atoms with Crippen LogP contribution in [-0.4, -0.2) is 10.9 Å². The molecule has 0 radical (unpaired) electrons. The standard InChI is InChI=1S/C19H15N3O/c23-19-16-10-4-5-11-17(16)21-18(14-7-6-12-20-13-14)22(19)15-8-2-1-3-9-15/h1-13,18,21H/t18-/m1/s1. The maximum absolute atomic E-state index is 13.1. The summed E-state index contributed by atoms with van der Waals surface area (Å²) in [5.74, 6) is -0.0144. The van der Waals surface area contributed by atoms with Crippen LogP contribution in [0.15, 0.2) is 79.1 Å². The number of aromatic nitrogens is 1. The number of benzene rings is 2. The van der Waals surface area contributed by atoms with Crippen LogP contribution >= 0.6 is 0 Å². The van der Waals surface area contributed by atoms with E-state index in [4.69, 9.17) is 0 Å². The lowest BCUT2D eigenvalue weighted by Crippen LogP contribution is -2.43. The molecule has 3 aromatic rings. The molecule has 0 unspecified atom stereocenters. The third-order valence-corrected chi connectivity index (χ3v) is 3.96. The number of carbonyl (C=O) groups is 1. The number of carbonyl (C=O) groups excluding carboxylic acids is 1. The molecule has 4 heteroatoms. The lowest BCUT2D eigenvalue weighted by Gasteiger charge is -2.38. The Morgan fingerprint density at radius 1 is 0.913 bits per heavy atom. The number of hydrogen-bond donors (Lipinski definition) is 1. The Morgan fingerprint density at radius 2 is 1.70 bits per heavy atom. The topological polar surface area (TPSA) is 45.2 Å². The second kappa shape index (κ2) is 5.57. The van der Waals surface area contributed by atoms with Crippen LogP contribution in [0.2, 0.25) is 0 Å². The van der Waals surface area contributed by atoms with Gasteiger partial charge in [0.15, 0.2) is 0 Å². The van der Waals surface area contributed by atoms with Gasteiger partial charge in [-0.1, -0.05) is 36.4 Å². The van der Waals surface area contributed by atoms with Gasteiger partial charge in [0, 0.05) is 29.3 Å². The summed E-state index contributed by atoms with van der Waals surface area (Å²) >= 11 is 0. The molecular weight excluding hydrogens is 286 g/mol. The molecule has 0 spiro atoms. The zero-order chi connectivity index (χ0) is 15.6. The van der Waals surface area contributed by atoms with Crippen LogP contribution in [0.1, 0.15) is 22.1 Å². The van der Waals surface area contributed by atoms with E-state index in [1.165, 1.54) is 0 Å². The van der Waals surface area contributed by atoms with Crippen molar-refractivity contribution in [3.63, 3.8) is 0 Å². The van der Waals surface area contributed by atoms with Crippen molar-refractivity contribution in [2.75, 3.05) is 10.2 Å². The Kier molecular flexibility index (Phi) is 3.27. The molecule has 0 aliphatic carbocycles. The summed E-state index contributed by atoms with van der Waals surface area (Å²) < 4.78 is 0. The number of anilines is 2. The quantitative estimate of drug-likeness (QED) is 0.782. The van der Waals surface area contributed by atoms with Crippen LogP contribution in [0.5, 0.6) is 0 Å². The number of pyridine rings is 1. The lowest BCUT2D eigenvalue weighted by molar-refractivity contribution is 0.0975. The van der Waals surface area contributed by atoms with E-state index >= 15 is 0 Å². The van der Waals surface area contributed by atoms with Crippen molar-refractivity contribution in [3.8, 4) is 0 Å². The highest BCUT2D eigenvalue weighted by atomic mass is 16.2. The third kappa shape index (κ3) is 2.34. The summed E-state index contributed by atoms with van der Waals surface area (Å²) in [6.07, 6.45) is 3.23. The summed E-state index contributed by atoms with van der Waals surface area (Å²) in [7, 11) is 0. The van der Waals surface area contributed by atoms with Gasteiger partial charge in [-0.05, 0) is 30.3 Å². The van der Waals surface area contributed by atoms with Gasteiger partial charge in [0.2, 0.25) is 0 Å². The molecule has 4 rings (SSSR count). The minimum atomic E-state index is -0.284. The van der Waals surface area contributed by atoms with E-state index in [9.17, 15) is 4.79 Å². The molecule has 1 aliphatic heterocycles. The van der Waals surface area contributed by atoms with Crippen LogP contribution in [0.4, 0.5) is 11.4 Å². The fourth-order valence-corrected chi connectivity index (χ4v) is 2.88. The summed E-state index contributed by atoms with van der Waals surface area (Å²) in [6, 6.07) is 21.1. The first-order valence-electron chi connectivity index (χ1n) is 7.49. The first kappa shape index (κ1) is 13.5. The minimum Gasteiger partial charge on any atom is -0.360 e. The molecule has 23 heavy (non-hydrogen) atoms. The molecule has 4 nitrogen and oxygen atoms in total. The molecule has 0 fully saturated rings. The second-order valence-electron chi connectivity index (χ2n) is 5.39. The molecule has 112 valence electrons. The van der Waals surface area contributed by atoms with Crippen molar-refractivity contribution in [2.24, 2.45) is 0 Å². The first-order chi connectivity index (χ1) is 11.3. The van der Waals surface area contributed by atoms with Crippen LogP contribution in [0.3, 0.4) is 0 Å². The van der Waals surface area contributed by atoms with Gasteiger partial charge in [-0.3, -0.25) is 14.7 Å². The fraction of sp³-hybridized carbons (Fsp3) is 0.0526. The van der Waals surface area contributed by atoms with Crippen molar-refractivity contribution < 1.29 is 4.79 Å². The highest BCUT2D eigenvalue weighted by Crippen LogP contribution is 2.36.